The molecule has 0 radical (unpaired) electrons. The molecule has 2 atom stereocenters. The van der Waals surface area contributed by atoms with Crippen molar-refractivity contribution in [1.29, 1.82) is 0 Å². The Balaban J connectivity index is 1.34. The van der Waals surface area contributed by atoms with Crippen molar-refractivity contribution in [2.45, 2.75) is 24.9 Å². The molecule has 1 aliphatic heterocycles. The van der Waals surface area contributed by atoms with Gasteiger partial charge in [0.05, 0.1) is 6.20 Å². The second-order valence-corrected chi connectivity index (χ2v) is 7.31. The maximum atomic E-state index is 13.7. The highest BCUT2D eigenvalue weighted by Gasteiger charge is 2.29. The minimum Gasteiger partial charge on any atom is -0.366 e. The van der Waals surface area contributed by atoms with Crippen LogP contribution in [0.2, 0.25) is 0 Å². The summed E-state index contributed by atoms with van der Waals surface area (Å²) in [6, 6.07) is 4.27. The molecule has 5 rings (SSSR count). The molecular formula is C19H19FN10O. The molecule has 1 saturated heterocycles. The van der Waals surface area contributed by atoms with Crippen molar-refractivity contribution in [2.24, 2.45) is 0 Å². The molecule has 2 N–H and O–H groups in total. The van der Waals surface area contributed by atoms with Crippen LogP contribution in [0.25, 0.3) is 17.2 Å². The number of likely N-dealkylation sites (tertiary alicyclic amines) is 1. The number of carbonyl (C=O) groups excluding carboxylic acids is 1. The van der Waals surface area contributed by atoms with Crippen molar-refractivity contribution < 1.29 is 9.18 Å². The Hall–Kier alpha value is -3.80. The van der Waals surface area contributed by atoms with E-state index < -0.39 is 6.04 Å². The van der Waals surface area contributed by atoms with Gasteiger partial charge in [-0.3, -0.25) is 9.30 Å². The third-order valence-electron chi connectivity index (χ3n) is 5.31. The smallest absolute Gasteiger partial charge is 0.198 e. The highest BCUT2D eigenvalue weighted by molar-refractivity contribution is 5.59. The van der Waals surface area contributed by atoms with Crippen LogP contribution in [0.15, 0.2) is 36.8 Å². The summed E-state index contributed by atoms with van der Waals surface area (Å²) in [5.41, 5.74) is 1.21. The fraction of sp³-hybridized carbons (Fsp3) is 0.316. The summed E-state index contributed by atoms with van der Waals surface area (Å²) in [6.07, 6.45) is 7.30. The SMILES string of the molecule is O=CC(c1nn[nH]n1)N1CCCC(Nc2ccnc(-c3cnc4ccc(F)cn34)n2)C1. The largest absolute Gasteiger partial charge is 0.366 e. The normalized spacial score (nSPS) is 18.2. The van der Waals surface area contributed by atoms with Crippen molar-refractivity contribution in [3.05, 3.63) is 48.4 Å². The number of pyridine rings is 1. The van der Waals surface area contributed by atoms with Gasteiger partial charge in [0, 0.05) is 25.0 Å². The number of H-pyrrole nitrogens is 1. The van der Waals surface area contributed by atoms with E-state index in [-0.39, 0.29) is 11.9 Å². The summed E-state index contributed by atoms with van der Waals surface area (Å²) < 4.78 is 15.3. The molecule has 4 aromatic rings. The van der Waals surface area contributed by atoms with Gasteiger partial charge in [0.25, 0.3) is 0 Å². The van der Waals surface area contributed by atoms with Crippen LogP contribution >= 0.6 is 0 Å². The summed E-state index contributed by atoms with van der Waals surface area (Å²) in [5.74, 6) is 1.08. The first-order chi connectivity index (χ1) is 15.2. The zero-order valence-electron chi connectivity index (χ0n) is 16.4. The lowest BCUT2D eigenvalue weighted by Gasteiger charge is -2.35. The molecule has 0 spiro atoms. The van der Waals surface area contributed by atoms with Crippen LogP contribution in [0.3, 0.4) is 0 Å². The highest BCUT2D eigenvalue weighted by Crippen LogP contribution is 2.23. The third kappa shape index (κ3) is 3.84. The lowest BCUT2D eigenvalue weighted by atomic mass is 10.0. The van der Waals surface area contributed by atoms with Gasteiger partial charge in [-0.25, -0.2) is 19.3 Å². The molecule has 158 valence electrons. The van der Waals surface area contributed by atoms with Gasteiger partial charge in [-0.1, -0.05) is 5.21 Å². The van der Waals surface area contributed by atoms with Gasteiger partial charge in [0.15, 0.2) is 11.6 Å². The van der Waals surface area contributed by atoms with Gasteiger partial charge >= 0.3 is 0 Å². The third-order valence-corrected chi connectivity index (χ3v) is 5.31. The van der Waals surface area contributed by atoms with Gasteiger partial charge in [-0.05, 0) is 37.6 Å². The van der Waals surface area contributed by atoms with E-state index in [4.69, 9.17) is 0 Å². The second kappa shape index (κ2) is 8.14. The van der Waals surface area contributed by atoms with Crippen molar-refractivity contribution in [3.8, 4) is 11.5 Å². The van der Waals surface area contributed by atoms with Crippen LogP contribution in [-0.2, 0) is 4.79 Å². The van der Waals surface area contributed by atoms with Crippen LogP contribution in [0.4, 0.5) is 10.2 Å². The second-order valence-electron chi connectivity index (χ2n) is 7.31. The zero-order chi connectivity index (χ0) is 21.2. The van der Waals surface area contributed by atoms with Gasteiger partial charge in [0.1, 0.15) is 35.3 Å². The van der Waals surface area contributed by atoms with Gasteiger partial charge in [-0.2, -0.15) is 5.21 Å². The van der Waals surface area contributed by atoms with Gasteiger partial charge < -0.3 is 10.1 Å². The molecule has 0 bridgehead atoms. The van der Waals surface area contributed by atoms with Gasteiger partial charge in [0.2, 0.25) is 0 Å². The quantitative estimate of drug-likeness (QED) is 0.441. The van der Waals surface area contributed by atoms with Crippen LogP contribution in [0, 0.1) is 5.82 Å². The molecule has 4 aromatic heterocycles. The summed E-state index contributed by atoms with van der Waals surface area (Å²) in [5, 5.41) is 17.3. The maximum absolute atomic E-state index is 13.7. The van der Waals surface area contributed by atoms with E-state index in [1.165, 1.54) is 12.3 Å². The predicted molar refractivity (Wildman–Crippen MR) is 107 cm³/mol. The Kier molecular flexibility index (Phi) is 5.04. The number of piperidine rings is 1. The van der Waals surface area contributed by atoms with Crippen molar-refractivity contribution in [1.82, 2.24) is 44.9 Å². The first-order valence-corrected chi connectivity index (χ1v) is 9.86. The topological polar surface area (TPSA) is 130 Å². The number of hydrogen-bond donors (Lipinski definition) is 2. The number of rotatable bonds is 6. The number of fused-ring (bicyclic) bond motifs is 1. The van der Waals surface area contributed by atoms with E-state index in [0.717, 1.165) is 25.7 Å². The highest BCUT2D eigenvalue weighted by atomic mass is 19.1. The number of carbonyl (C=O) groups is 1. The number of tetrazole rings is 1. The van der Waals surface area contributed by atoms with Crippen LogP contribution in [-0.4, -0.2) is 70.3 Å². The Bertz CT molecular complexity index is 1190. The Morgan fingerprint density at radius 2 is 2.23 bits per heavy atom. The molecular weight excluding hydrogens is 403 g/mol. The number of imidazole rings is 1. The first kappa shape index (κ1) is 19.2. The molecule has 31 heavy (non-hydrogen) atoms. The summed E-state index contributed by atoms with van der Waals surface area (Å²) >= 11 is 0. The minimum atomic E-state index is -0.544. The Morgan fingerprint density at radius 1 is 1.29 bits per heavy atom. The summed E-state index contributed by atoms with van der Waals surface area (Å²) in [6.45, 7) is 1.39. The van der Waals surface area contributed by atoms with E-state index in [1.54, 1.807) is 28.9 Å². The molecule has 11 nitrogen and oxygen atoms in total. The molecule has 0 amide bonds. The Morgan fingerprint density at radius 3 is 3.06 bits per heavy atom. The molecule has 2 unspecified atom stereocenters. The average molecular weight is 422 g/mol. The maximum Gasteiger partial charge on any atom is 0.198 e. The van der Waals surface area contributed by atoms with Crippen LogP contribution in [0.1, 0.15) is 24.7 Å². The van der Waals surface area contributed by atoms with Crippen LogP contribution in [0.5, 0.6) is 0 Å². The van der Waals surface area contributed by atoms with E-state index in [1.807, 2.05) is 4.90 Å². The van der Waals surface area contributed by atoms with Crippen molar-refractivity contribution in [2.75, 3.05) is 18.4 Å². The lowest BCUT2D eigenvalue weighted by molar-refractivity contribution is -0.113. The standard InChI is InChI=1S/C19H19FN10O/c20-12-3-4-17-22-8-14(30(17)9-12)18-21-6-5-16(24-18)23-13-2-1-7-29(10-13)15(11-31)19-25-27-28-26-19/h3-6,8-9,11,13,15H,1-2,7,10H2,(H,21,23,24)(H,25,26,27,28). The molecule has 5 heterocycles. The molecule has 1 fully saturated rings. The number of anilines is 1. The zero-order valence-corrected chi connectivity index (χ0v) is 16.4. The van der Waals surface area contributed by atoms with E-state index in [2.05, 4.69) is 40.9 Å². The van der Waals surface area contributed by atoms with Crippen molar-refractivity contribution >= 4 is 17.8 Å². The fourth-order valence-electron chi connectivity index (χ4n) is 3.87. The van der Waals surface area contributed by atoms with Gasteiger partial charge in [-0.15, -0.1) is 10.2 Å². The lowest BCUT2D eigenvalue weighted by Crippen LogP contribution is -2.44. The molecule has 12 heteroatoms. The molecule has 1 aliphatic rings. The van der Waals surface area contributed by atoms with Crippen molar-refractivity contribution in [3.63, 3.8) is 0 Å². The van der Waals surface area contributed by atoms with Crippen LogP contribution < -0.4 is 5.32 Å². The van der Waals surface area contributed by atoms with E-state index >= 15 is 0 Å². The number of aldehydes is 1. The fourth-order valence-corrected chi connectivity index (χ4v) is 3.87. The Labute approximate surface area is 175 Å². The predicted octanol–water partition coefficient (Wildman–Crippen LogP) is 1.26. The molecule has 0 saturated carbocycles. The first-order valence-electron chi connectivity index (χ1n) is 9.86. The number of hydrogen-bond acceptors (Lipinski definition) is 9. The molecule has 0 aliphatic carbocycles. The molecule has 0 aromatic carbocycles. The monoisotopic (exact) mass is 422 g/mol. The number of aromatic nitrogens is 8. The summed E-state index contributed by atoms with van der Waals surface area (Å²) in [7, 11) is 0. The average Bonchev–Trinajstić information content (AvgIpc) is 3.45. The minimum absolute atomic E-state index is 0.0745. The summed E-state index contributed by atoms with van der Waals surface area (Å²) in [4.78, 5) is 26.9. The number of aromatic amines is 1. The van der Waals surface area contributed by atoms with E-state index in [9.17, 15) is 9.18 Å². The number of nitrogens with one attached hydrogen (secondary N) is 2. The van der Waals surface area contributed by atoms with E-state index in [0.29, 0.717) is 35.4 Å². The number of halogens is 1. The number of nitrogens with zero attached hydrogens (tertiary/aromatic N) is 8.